The van der Waals surface area contributed by atoms with E-state index >= 15 is 0 Å². The minimum atomic E-state index is 0.503. The van der Waals surface area contributed by atoms with Gasteiger partial charge >= 0.3 is 0 Å². The predicted octanol–water partition coefficient (Wildman–Crippen LogP) is 4.33. The first-order valence-corrected chi connectivity index (χ1v) is 6.94. The smallest absolute Gasteiger partial charge is 0.141 e. The molecular formula is C15H12Cl2N2O2. The molecule has 108 valence electrons. The molecule has 0 unspecified atom stereocenters. The van der Waals surface area contributed by atoms with Gasteiger partial charge < -0.3 is 13.9 Å². The summed E-state index contributed by atoms with van der Waals surface area (Å²) in [7, 11) is 3.16. The van der Waals surface area contributed by atoms with Gasteiger partial charge in [0.15, 0.2) is 0 Å². The molecule has 2 heterocycles. The highest BCUT2D eigenvalue weighted by atomic mass is 35.5. The van der Waals surface area contributed by atoms with E-state index in [1.54, 1.807) is 38.5 Å². The largest absolute Gasteiger partial charge is 0.496 e. The molecule has 4 nitrogen and oxygen atoms in total. The van der Waals surface area contributed by atoms with E-state index in [-0.39, 0.29) is 0 Å². The molecule has 1 aromatic carbocycles. The van der Waals surface area contributed by atoms with Crippen molar-refractivity contribution in [2.45, 2.75) is 0 Å². The van der Waals surface area contributed by atoms with Crippen LogP contribution in [0.4, 0.5) is 0 Å². The number of rotatable bonds is 3. The topological polar surface area (TPSA) is 35.8 Å². The number of halogens is 2. The molecule has 0 spiro atoms. The molecule has 2 aromatic heterocycles. The molecule has 0 aliphatic rings. The number of ether oxygens (including phenoxy) is 2. The van der Waals surface area contributed by atoms with Gasteiger partial charge in [0.05, 0.1) is 24.9 Å². The predicted molar refractivity (Wildman–Crippen MR) is 83.8 cm³/mol. The Morgan fingerprint density at radius 2 is 1.81 bits per heavy atom. The second-order valence-corrected chi connectivity index (χ2v) is 5.27. The highest BCUT2D eigenvalue weighted by Crippen LogP contribution is 2.38. The van der Waals surface area contributed by atoms with Crippen LogP contribution in [0.5, 0.6) is 11.5 Å². The summed E-state index contributed by atoms with van der Waals surface area (Å²) in [5, 5.41) is 1.14. The lowest BCUT2D eigenvalue weighted by Crippen LogP contribution is -1.91. The number of nitrogens with zero attached hydrogens (tertiary/aromatic N) is 2. The quantitative estimate of drug-likeness (QED) is 0.720. The van der Waals surface area contributed by atoms with Crippen molar-refractivity contribution in [2.24, 2.45) is 0 Å². The molecule has 21 heavy (non-hydrogen) atoms. The number of hydrogen-bond donors (Lipinski definition) is 0. The first kappa shape index (κ1) is 14.0. The van der Waals surface area contributed by atoms with Gasteiger partial charge in [-0.2, -0.15) is 0 Å². The van der Waals surface area contributed by atoms with Crippen LogP contribution < -0.4 is 9.47 Å². The second kappa shape index (κ2) is 5.47. The fraction of sp³-hybridized carbons (Fsp3) is 0.133. The number of pyridine rings is 1. The number of benzene rings is 1. The van der Waals surface area contributed by atoms with Crippen molar-refractivity contribution < 1.29 is 9.47 Å². The van der Waals surface area contributed by atoms with Crippen molar-refractivity contribution in [3.8, 4) is 22.8 Å². The molecule has 0 bridgehead atoms. The van der Waals surface area contributed by atoms with Crippen LogP contribution in [0.1, 0.15) is 0 Å². The van der Waals surface area contributed by atoms with Crippen LogP contribution in [-0.2, 0) is 0 Å². The average molecular weight is 323 g/mol. The average Bonchev–Trinajstić information content (AvgIpc) is 2.89. The van der Waals surface area contributed by atoms with E-state index in [2.05, 4.69) is 4.98 Å². The number of hydrogen-bond acceptors (Lipinski definition) is 3. The summed E-state index contributed by atoms with van der Waals surface area (Å²) in [4.78, 5) is 4.55. The lowest BCUT2D eigenvalue weighted by molar-refractivity contribution is 0.395. The Bertz CT molecular complexity index is 815. The maximum atomic E-state index is 6.20. The van der Waals surface area contributed by atoms with E-state index in [0.717, 1.165) is 16.9 Å². The number of methoxy groups -OCH3 is 2. The first-order valence-electron chi connectivity index (χ1n) is 6.18. The van der Waals surface area contributed by atoms with Gasteiger partial charge in [-0.25, -0.2) is 4.98 Å². The zero-order valence-corrected chi connectivity index (χ0v) is 12.9. The van der Waals surface area contributed by atoms with Crippen molar-refractivity contribution >= 4 is 28.8 Å². The molecule has 3 rings (SSSR count). The second-order valence-electron chi connectivity index (χ2n) is 4.42. The number of aromatic nitrogens is 2. The van der Waals surface area contributed by atoms with E-state index < -0.39 is 0 Å². The van der Waals surface area contributed by atoms with Gasteiger partial charge in [-0.1, -0.05) is 23.2 Å². The molecule has 0 saturated carbocycles. The molecule has 0 aliphatic carbocycles. The minimum Gasteiger partial charge on any atom is -0.496 e. The summed E-state index contributed by atoms with van der Waals surface area (Å²) in [6.07, 6.45) is 3.75. The highest BCUT2D eigenvalue weighted by Gasteiger charge is 2.14. The Balaban J connectivity index is 2.19. The monoisotopic (exact) mass is 322 g/mol. The third-order valence-electron chi connectivity index (χ3n) is 3.17. The van der Waals surface area contributed by atoms with E-state index in [1.165, 1.54) is 0 Å². The number of imidazole rings is 1. The Hall–Kier alpha value is -1.91. The zero-order chi connectivity index (χ0) is 15.0. The van der Waals surface area contributed by atoms with Crippen LogP contribution in [0.15, 0.2) is 36.7 Å². The molecule has 3 aromatic rings. The molecule has 6 heteroatoms. The van der Waals surface area contributed by atoms with Gasteiger partial charge in [0.1, 0.15) is 17.1 Å². The maximum absolute atomic E-state index is 6.20. The minimum absolute atomic E-state index is 0.503. The van der Waals surface area contributed by atoms with Gasteiger partial charge in [-0.05, 0) is 12.1 Å². The molecule has 0 radical (unpaired) electrons. The molecule has 0 saturated heterocycles. The summed E-state index contributed by atoms with van der Waals surface area (Å²) in [5.41, 5.74) is 2.30. The Kier molecular flexibility index (Phi) is 3.66. The van der Waals surface area contributed by atoms with Gasteiger partial charge in [-0.3, -0.25) is 0 Å². The van der Waals surface area contributed by atoms with Crippen LogP contribution >= 0.6 is 23.2 Å². The maximum Gasteiger partial charge on any atom is 0.141 e. The van der Waals surface area contributed by atoms with Crippen molar-refractivity contribution in [3.05, 3.63) is 46.7 Å². The normalized spacial score (nSPS) is 10.9. The summed E-state index contributed by atoms with van der Waals surface area (Å²) in [5.74, 6) is 1.20. The lowest BCUT2D eigenvalue weighted by atomic mass is 10.1. The molecule has 0 amide bonds. The molecule has 0 N–H and O–H groups in total. The fourth-order valence-corrected chi connectivity index (χ4v) is 2.54. The van der Waals surface area contributed by atoms with E-state index in [1.807, 2.05) is 16.8 Å². The molecular weight excluding hydrogens is 311 g/mol. The SMILES string of the molecule is COc1cc(OC)c(-c2cn3ccc(Cl)cc3n2)cc1Cl. The van der Waals surface area contributed by atoms with E-state index in [4.69, 9.17) is 32.7 Å². The molecule has 0 aliphatic heterocycles. The van der Waals surface area contributed by atoms with Crippen LogP contribution in [-0.4, -0.2) is 23.6 Å². The first-order chi connectivity index (χ1) is 10.1. The van der Waals surface area contributed by atoms with Crippen molar-refractivity contribution in [1.29, 1.82) is 0 Å². The Morgan fingerprint density at radius 3 is 2.52 bits per heavy atom. The van der Waals surface area contributed by atoms with Crippen LogP contribution in [0.25, 0.3) is 16.9 Å². The highest BCUT2D eigenvalue weighted by molar-refractivity contribution is 6.32. The van der Waals surface area contributed by atoms with E-state index in [9.17, 15) is 0 Å². The van der Waals surface area contributed by atoms with Crippen molar-refractivity contribution in [1.82, 2.24) is 9.38 Å². The zero-order valence-electron chi connectivity index (χ0n) is 11.4. The Labute approximate surface area is 131 Å². The van der Waals surface area contributed by atoms with Gasteiger partial charge in [0, 0.05) is 35.1 Å². The van der Waals surface area contributed by atoms with Gasteiger partial charge in [-0.15, -0.1) is 0 Å². The Morgan fingerprint density at radius 1 is 1.05 bits per heavy atom. The van der Waals surface area contributed by atoms with Crippen LogP contribution in [0.3, 0.4) is 0 Å². The van der Waals surface area contributed by atoms with Crippen LogP contribution in [0, 0.1) is 0 Å². The van der Waals surface area contributed by atoms with Crippen molar-refractivity contribution in [2.75, 3.05) is 14.2 Å². The summed E-state index contributed by atoms with van der Waals surface area (Å²) >= 11 is 12.2. The number of fused-ring (bicyclic) bond motifs is 1. The van der Waals surface area contributed by atoms with Crippen molar-refractivity contribution in [3.63, 3.8) is 0 Å². The van der Waals surface area contributed by atoms with E-state index in [0.29, 0.717) is 21.5 Å². The summed E-state index contributed by atoms with van der Waals surface area (Å²) in [6, 6.07) is 7.12. The summed E-state index contributed by atoms with van der Waals surface area (Å²) < 4.78 is 12.5. The third-order valence-corrected chi connectivity index (χ3v) is 3.70. The fourth-order valence-electron chi connectivity index (χ4n) is 2.15. The summed E-state index contributed by atoms with van der Waals surface area (Å²) in [6.45, 7) is 0. The lowest BCUT2D eigenvalue weighted by Gasteiger charge is -2.10. The van der Waals surface area contributed by atoms with Gasteiger partial charge in [0.2, 0.25) is 0 Å². The molecule has 0 atom stereocenters. The third kappa shape index (κ3) is 2.52. The van der Waals surface area contributed by atoms with Crippen LogP contribution in [0.2, 0.25) is 10.0 Å². The standard InChI is InChI=1S/C15H12Cl2N2O2/c1-20-13-7-14(21-2)11(17)6-10(13)12-8-19-4-3-9(16)5-15(19)18-12/h3-8H,1-2H3. The van der Waals surface area contributed by atoms with Gasteiger partial charge in [0.25, 0.3) is 0 Å². The molecule has 0 fully saturated rings.